The van der Waals surface area contributed by atoms with E-state index in [0.29, 0.717) is 23.4 Å². The number of nitrogen functional groups attached to an aromatic ring is 1. The van der Waals surface area contributed by atoms with Crippen molar-refractivity contribution < 1.29 is 4.74 Å². The molecule has 3 N–H and O–H groups in total. The van der Waals surface area contributed by atoms with Crippen LogP contribution in [0.4, 0.5) is 11.5 Å². The van der Waals surface area contributed by atoms with E-state index in [0.717, 1.165) is 18.1 Å². The van der Waals surface area contributed by atoms with Crippen LogP contribution in [0.1, 0.15) is 33.1 Å². The van der Waals surface area contributed by atoms with Crippen LogP contribution in [0, 0.1) is 0 Å². The Kier molecular flexibility index (Phi) is 4.74. The van der Waals surface area contributed by atoms with Gasteiger partial charge < -0.3 is 15.8 Å². The third-order valence-corrected chi connectivity index (χ3v) is 4.35. The van der Waals surface area contributed by atoms with Gasteiger partial charge in [0.05, 0.1) is 6.10 Å². The Labute approximate surface area is 118 Å². The molecule has 6 heteroatoms. The van der Waals surface area contributed by atoms with Gasteiger partial charge >= 0.3 is 0 Å². The minimum Gasteiger partial charge on any atom is -0.473 e. The van der Waals surface area contributed by atoms with Crippen LogP contribution < -0.4 is 15.8 Å². The van der Waals surface area contributed by atoms with Crippen molar-refractivity contribution in [2.75, 3.05) is 17.3 Å². The van der Waals surface area contributed by atoms with Gasteiger partial charge in [0.15, 0.2) is 5.82 Å². The highest BCUT2D eigenvalue weighted by atomic mass is 32.2. The van der Waals surface area contributed by atoms with Crippen molar-refractivity contribution in [1.82, 2.24) is 9.97 Å². The molecule has 2 rings (SSSR count). The van der Waals surface area contributed by atoms with Crippen molar-refractivity contribution in [3.05, 3.63) is 6.33 Å². The second-order valence-electron chi connectivity index (χ2n) is 5.12. The number of nitrogens with one attached hydrogen (secondary N) is 1. The molecule has 0 radical (unpaired) electrons. The quantitative estimate of drug-likeness (QED) is 0.864. The van der Waals surface area contributed by atoms with Gasteiger partial charge in [-0.3, -0.25) is 0 Å². The summed E-state index contributed by atoms with van der Waals surface area (Å²) in [6, 6.07) is 0.446. The molecule has 0 spiro atoms. The summed E-state index contributed by atoms with van der Waals surface area (Å²) in [6.07, 6.45) is 7.29. The fourth-order valence-corrected chi connectivity index (χ4v) is 3.09. The van der Waals surface area contributed by atoms with Gasteiger partial charge in [0.1, 0.15) is 12.0 Å². The van der Waals surface area contributed by atoms with Gasteiger partial charge in [0, 0.05) is 11.3 Å². The summed E-state index contributed by atoms with van der Waals surface area (Å²) in [6.45, 7) is 3.91. The average Bonchev–Trinajstić information content (AvgIpc) is 2.81. The van der Waals surface area contributed by atoms with Crippen LogP contribution in [0.2, 0.25) is 0 Å². The molecule has 1 aromatic heterocycles. The van der Waals surface area contributed by atoms with Gasteiger partial charge in [-0.15, -0.1) is 0 Å². The molecule has 0 aliphatic heterocycles. The molecule has 1 aliphatic rings. The largest absolute Gasteiger partial charge is 0.473 e. The van der Waals surface area contributed by atoms with E-state index in [2.05, 4.69) is 21.5 Å². The van der Waals surface area contributed by atoms with E-state index in [1.165, 1.54) is 12.7 Å². The van der Waals surface area contributed by atoms with Crippen molar-refractivity contribution in [3.63, 3.8) is 0 Å². The number of thioether (sulfide) groups is 1. The molecule has 1 heterocycles. The number of nitrogens with two attached hydrogens (primary N) is 1. The number of hydrogen-bond acceptors (Lipinski definition) is 6. The molecule has 1 aromatic rings. The first kappa shape index (κ1) is 14.2. The summed E-state index contributed by atoms with van der Waals surface area (Å²) in [7, 11) is 0. The van der Waals surface area contributed by atoms with Gasteiger partial charge in [-0.1, -0.05) is 0 Å². The van der Waals surface area contributed by atoms with Crippen LogP contribution in [0.5, 0.6) is 5.88 Å². The molecule has 1 saturated carbocycles. The van der Waals surface area contributed by atoms with Gasteiger partial charge in [0.2, 0.25) is 5.88 Å². The maximum atomic E-state index is 6.06. The summed E-state index contributed by atoms with van der Waals surface area (Å²) in [5.74, 6) is 1.16. The lowest BCUT2D eigenvalue weighted by Gasteiger charge is -2.17. The van der Waals surface area contributed by atoms with Crippen LogP contribution in [0.3, 0.4) is 0 Å². The molecule has 19 heavy (non-hydrogen) atoms. The Morgan fingerprint density at radius 2 is 2.21 bits per heavy atom. The number of rotatable bonds is 5. The van der Waals surface area contributed by atoms with E-state index in [-0.39, 0.29) is 6.10 Å². The first-order valence-corrected chi connectivity index (χ1v) is 7.95. The highest BCUT2D eigenvalue weighted by molar-refractivity contribution is 7.99. The van der Waals surface area contributed by atoms with Gasteiger partial charge in [-0.2, -0.15) is 16.7 Å². The minimum absolute atomic E-state index is 0.0532. The molecule has 2 atom stereocenters. The minimum atomic E-state index is 0.0532. The predicted octanol–water partition coefficient (Wildman–Crippen LogP) is 2.54. The summed E-state index contributed by atoms with van der Waals surface area (Å²) in [5.41, 5.74) is 6.56. The monoisotopic (exact) mass is 282 g/mol. The summed E-state index contributed by atoms with van der Waals surface area (Å²) in [4.78, 5) is 8.31. The van der Waals surface area contributed by atoms with Gasteiger partial charge in [0.25, 0.3) is 0 Å². The SMILES string of the molecule is CSC1CCC(Nc2ncnc(OC(C)C)c2N)C1. The third kappa shape index (κ3) is 3.65. The Morgan fingerprint density at radius 1 is 1.42 bits per heavy atom. The molecule has 0 aromatic carbocycles. The van der Waals surface area contributed by atoms with E-state index >= 15 is 0 Å². The first-order chi connectivity index (χ1) is 9.10. The van der Waals surface area contributed by atoms with Crippen LogP contribution >= 0.6 is 11.8 Å². The predicted molar refractivity (Wildman–Crippen MR) is 80.8 cm³/mol. The van der Waals surface area contributed by atoms with E-state index in [1.807, 2.05) is 25.6 Å². The highest BCUT2D eigenvalue weighted by Gasteiger charge is 2.25. The van der Waals surface area contributed by atoms with Crippen molar-refractivity contribution in [3.8, 4) is 5.88 Å². The number of nitrogens with zero attached hydrogens (tertiary/aromatic N) is 2. The Hall–Kier alpha value is -1.17. The zero-order chi connectivity index (χ0) is 13.8. The maximum Gasteiger partial charge on any atom is 0.242 e. The van der Waals surface area contributed by atoms with E-state index in [4.69, 9.17) is 10.5 Å². The molecule has 1 aliphatic carbocycles. The number of ether oxygens (including phenoxy) is 1. The number of hydrogen-bond donors (Lipinski definition) is 2. The normalized spacial score (nSPS) is 22.7. The van der Waals surface area contributed by atoms with E-state index in [1.54, 1.807) is 0 Å². The maximum absolute atomic E-state index is 6.06. The fraction of sp³-hybridized carbons (Fsp3) is 0.692. The van der Waals surface area contributed by atoms with Gasteiger partial charge in [-0.25, -0.2) is 4.98 Å². The molecule has 0 saturated heterocycles. The van der Waals surface area contributed by atoms with Gasteiger partial charge in [-0.05, 0) is 39.4 Å². The second-order valence-corrected chi connectivity index (χ2v) is 6.26. The van der Waals surface area contributed by atoms with Crippen LogP contribution in [-0.2, 0) is 0 Å². The molecule has 2 unspecified atom stereocenters. The van der Waals surface area contributed by atoms with Crippen LogP contribution in [0.25, 0.3) is 0 Å². The standard InChI is InChI=1S/C13H22N4OS/c1-8(2)18-13-11(14)12(15-7-16-13)17-9-4-5-10(6-9)19-3/h7-10H,4-6,14H2,1-3H3,(H,15,16,17). The smallest absolute Gasteiger partial charge is 0.242 e. The highest BCUT2D eigenvalue weighted by Crippen LogP contribution is 2.32. The topological polar surface area (TPSA) is 73.1 Å². The molecular weight excluding hydrogens is 260 g/mol. The Morgan fingerprint density at radius 3 is 2.84 bits per heavy atom. The van der Waals surface area contributed by atoms with Crippen molar-refractivity contribution >= 4 is 23.3 Å². The van der Waals surface area contributed by atoms with Crippen molar-refractivity contribution in [1.29, 1.82) is 0 Å². The Balaban J connectivity index is 2.04. The second kappa shape index (κ2) is 6.32. The lowest BCUT2D eigenvalue weighted by molar-refractivity contribution is 0.234. The molecule has 0 amide bonds. The molecule has 106 valence electrons. The summed E-state index contributed by atoms with van der Waals surface area (Å²) < 4.78 is 5.57. The lowest BCUT2D eigenvalue weighted by atomic mass is 10.2. The molecule has 0 bridgehead atoms. The number of aromatic nitrogens is 2. The molecular formula is C13H22N4OS. The lowest BCUT2D eigenvalue weighted by Crippen LogP contribution is -2.19. The van der Waals surface area contributed by atoms with Crippen LogP contribution in [-0.4, -0.2) is 33.6 Å². The van der Waals surface area contributed by atoms with E-state index < -0.39 is 0 Å². The van der Waals surface area contributed by atoms with Crippen molar-refractivity contribution in [2.24, 2.45) is 0 Å². The molecule has 5 nitrogen and oxygen atoms in total. The zero-order valence-electron chi connectivity index (χ0n) is 11.7. The Bertz CT molecular complexity index is 427. The number of anilines is 2. The molecule has 1 fully saturated rings. The first-order valence-electron chi connectivity index (χ1n) is 6.66. The summed E-state index contributed by atoms with van der Waals surface area (Å²) >= 11 is 1.93. The third-order valence-electron chi connectivity index (χ3n) is 3.25. The zero-order valence-corrected chi connectivity index (χ0v) is 12.5. The fourth-order valence-electron chi connectivity index (χ4n) is 2.29. The van der Waals surface area contributed by atoms with Crippen molar-refractivity contribution in [2.45, 2.75) is 50.5 Å². The van der Waals surface area contributed by atoms with E-state index in [9.17, 15) is 0 Å². The average molecular weight is 282 g/mol. The van der Waals surface area contributed by atoms with Crippen LogP contribution in [0.15, 0.2) is 6.33 Å². The summed E-state index contributed by atoms with van der Waals surface area (Å²) in [5, 5.41) is 4.16.